The summed E-state index contributed by atoms with van der Waals surface area (Å²) in [7, 11) is -3.36. The van der Waals surface area contributed by atoms with E-state index in [2.05, 4.69) is 0 Å². The van der Waals surface area contributed by atoms with E-state index in [0.717, 1.165) is 16.2 Å². The molecule has 0 radical (unpaired) electrons. The first-order chi connectivity index (χ1) is 5.91. The molecule has 0 saturated heterocycles. The monoisotopic (exact) mass is 200 g/mol. The van der Waals surface area contributed by atoms with Gasteiger partial charge in [0, 0.05) is 0 Å². The second-order valence-corrected chi connectivity index (χ2v) is 4.75. The van der Waals surface area contributed by atoms with Crippen molar-refractivity contribution in [3.05, 3.63) is 29.8 Å². The molecule has 13 heavy (non-hydrogen) atoms. The minimum Gasteiger partial charge on any atom is -0.233 e. The maximum Gasteiger partial charge on any atom is 0.245 e. The summed E-state index contributed by atoms with van der Waals surface area (Å²) < 4.78 is 22.8. The summed E-state index contributed by atoms with van der Waals surface area (Å²) in [5, 5.41) is 0. The second-order valence-electron chi connectivity index (χ2n) is 2.89. The molecule has 0 unspecified atom stereocenters. The van der Waals surface area contributed by atoms with Crippen molar-refractivity contribution < 1.29 is 8.42 Å². The lowest BCUT2D eigenvalue weighted by Crippen LogP contribution is -2.36. The van der Waals surface area contributed by atoms with Gasteiger partial charge < -0.3 is 0 Å². The van der Waals surface area contributed by atoms with Gasteiger partial charge in [0.1, 0.15) is 0 Å². The Kier molecular flexibility index (Phi) is 2.58. The first-order valence-electron chi connectivity index (χ1n) is 3.73. The van der Waals surface area contributed by atoms with Crippen molar-refractivity contribution in [1.29, 1.82) is 0 Å². The van der Waals surface area contributed by atoms with Gasteiger partial charge in [-0.2, -0.15) is 0 Å². The van der Waals surface area contributed by atoms with Crippen LogP contribution in [0, 0.1) is 6.92 Å². The molecule has 0 bridgehead atoms. The van der Waals surface area contributed by atoms with Crippen LogP contribution in [-0.4, -0.2) is 14.7 Å². The van der Waals surface area contributed by atoms with Crippen LogP contribution in [0.4, 0.5) is 5.69 Å². The molecular formula is C8H12N2O2S. The Labute approximate surface area is 78.0 Å². The number of aryl methyl sites for hydroxylation is 1. The molecule has 5 heteroatoms. The summed E-state index contributed by atoms with van der Waals surface area (Å²) in [5.74, 6) is 5.37. The zero-order valence-corrected chi connectivity index (χ0v) is 8.38. The predicted octanol–water partition coefficient (Wildman–Crippen LogP) is 0.635. The number of benzene rings is 1. The molecule has 0 saturated carbocycles. The molecule has 0 atom stereocenters. The van der Waals surface area contributed by atoms with Gasteiger partial charge in [-0.25, -0.2) is 18.7 Å². The molecule has 1 aromatic rings. The maximum absolute atomic E-state index is 11.0. The highest BCUT2D eigenvalue weighted by Gasteiger charge is 2.11. The van der Waals surface area contributed by atoms with Gasteiger partial charge in [0.05, 0.1) is 11.9 Å². The highest BCUT2D eigenvalue weighted by Crippen LogP contribution is 2.13. The normalized spacial score (nSPS) is 11.3. The number of nitrogens with two attached hydrogens (primary N) is 1. The average molecular weight is 200 g/mol. The van der Waals surface area contributed by atoms with Crippen molar-refractivity contribution in [3.63, 3.8) is 0 Å². The van der Waals surface area contributed by atoms with Gasteiger partial charge in [0.2, 0.25) is 10.0 Å². The molecule has 0 aliphatic carbocycles. The number of anilines is 1. The summed E-state index contributed by atoms with van der Waals surface area (Å²) in [6.07, 6.45) is 1.06. The van der Waals surface area contributed by atoms with Crippen LogP contribution in [0.2, 0.25) is 0 Å². The zero-order valence-electron chi connectivity index (χ0n) is 7.56. The lowest BCUT2D eigenvalue weighted by molar-refractivity contribution is 0.598. The van der Waals surface area contributed by atoms with Crippen LogP contribution in [0.5, 0.6) is 0 Å². The first kappa shape index (κ1) is 10.0. The van der Waals surface area contributed by atoms with Crippen LogP contribution >= 0.6 is 0 Å². The van der Waals surface area contributed by atoms with E-state index in [1.165, 1.54) is 0 Å². The fourth-order valence-corrected chi connectivity index (χ4v) is 1.39. The Hall–Kier alpha value is -1.07. The Balaban J connectivity index is 3.04. The van der Waals surface area contributed by atoms with Gasteiger partial charge in [-0.1, -0.05) is 17.7 Å². The van der Waals surface area contributed by atoms with Crippen molar-refractivity contribution >= 4 is 15.7 Å². The minimum absolute atomic E-state index is 0.466. The van der Waals surface area contributed by atoms with Crippen molar-refractivity contribution in [2.45, 2.75) is 6.92 Å². The number of sulfonamides is 1. The highest BCUT2D eigenvalue weighted by molar-refractivity contribution is 7.92. The minimum atomic E-state index is -3.36. The van der Waals surface area contributed by atoms with E-state index in [4.69, 9.17) is 5.84 Å². The zero-order chi connectivity index (χ0) is 10.1. The van der Waals surface area contributed by atoms with E-state index in [-0.39, 0.29) is 0 Å². The van der Waals surface area contributed by atoms with Crippen molar-refractivity contribution in [3.8, 4) is 0 Å². The van der Waals surface area contributed by atoms with E-state index < -0.39 is 10.0 Å². The van der Waals surface area contributed by atoms with E-state index in [1.54, 1.807) is 24.3 Å². The van der Waals surface area contributed by atoms with Crippen LogP contribution in [0.3, 0.4) is 0 Å². The van der Waals surface area contributed by atoms with Crippen molar-refractivity contribution in [2.75, 3.05) is 10.7 Å². The van der Waals surface area contributed by atoms with E-state index in [1.807, 2.05) is 6.92 Å². The van der Waals surface area contributed by atoms with Gasteiger partial charge in [-0.3, -0.25) is 0 Å². The molecule has 1 aromatic carbocycles. The average Bonchev–Trinajstić information content (AvgIpc) is 2.03. The summed E-state index contributed by atoms with van der Waals surface area (Å²) in [6, 6.07) is 6.94. The SMILES string of the molecule is Cc1ccc(N(N)S(C)(=O)=O)cc1. The molecule has 4 nitrogen and oxygen atoms in total. The van der Waals surface area contributed by atoms with Crippen LogP contribution in [0.25, 0.3) is 0 Å². The number of hydrogen-bond donors (Lipinski definition) is 1. The topological polar surface area (TPSA) is 63.4 Å². The third kappa shape index (κ3) is 2.43. The standard InChI is InChI=1S/C8H12N2O2S/c1-7-3-5-8(6-4-7)10(9)13(2,11)12/h3-6H,9H2,1-2H3. The predicted molar refractivity (Wildman–Crippen MR) is 52.7 cm³/mol. The van der Waals surface area contributed by atoms with Gasteiger partial charge in [0.25, 0.3) is 0 Å². The van der Waals surface area contributed by atoms with Crippen LogP contribution in [0.1, 0.15) is 5.56 Å². The lowest BCUT2D eigenvalue weighted by Gasteiger charge is -2.15. The summed E-state index contributed by atoms with van der Waals surface area (Å²) in [6.45, 7) is 1.92. The molecule has 2 N–H and O–H groups in total. The summed E-state index contributed by atoms with van der Waals surface area (Å²) in [5.41, 5.74) is 1.53. The molecule has 0 aliphatic heterocycles. The van der Waals surface area contributed by atoms with E-state index in [0.29, 0.717) is 5.69 Å². The van der Waals surface area contributed by atoms with Crippen LogP contribution in [0.15, 0.2) is 24.3 Å². The van der Waals surface area contributed by atoms with Crippen LogP contribution < -0.4 is 10.3 Å². The van der Waals surface area contributed by atoms with E-state index in [9.17, 15) is 8.42 Å². The van der Waals surface area contributed by atoms with Crippen LogP contribution in [-0.2, 0) is 10.0 Å². The summed E-state index contributed by atoms with van der Waals surface area (Å²) >= 11 is 0. The smallest absolute Gasteiger partial charge is 0.233 e. The van der Waals surface area contributed by atoms with Gasteiger partial charge in [-0.05, 0) is 19.1 Å². The molecule has 0 amide bonds. The fourth-order valence-electron chi connectivity index (χ4n) is 0.883. The van der Waals surface area contributed by atoms with Gasteiger partial charge in [0.15, 0.2) is 0 Å². The second kappa shape index (κ2) is 3.35. The lowest BCUT2D eigenvalue weighted by atomic mass is 10.2. The Morgan fingerprint density at radius 2 is 1.69 bits per heavy atom. The third-order valence-electron chi connectivity index (χ3n) is 1.65. The van der Waals surface area contributed by atoms with Crippen molar-refractivity contribution in [1.82, 2.24) is 0 Å². The molecule has 0 spiro atoms. The largest absolute Gasteiger partial charge is 0.245 e. The molecule has 0 aromatic heterocycles. The Bertz CT molecular complexity index is 383. The number of nitrogens with zero attached hydrogens (tertiary/aromatic N) is 1. The highest BCUT2D eigenvalue weighted by atomic mass is 32.2. The first-order valence-corrected chi connectivity index (χ1v) is 5.58. The Morgan fingerprint density at radius 1 is 1.23 bits per heavy atom. The molecule has 72 valence electrons. The fraction of sp³-hybridized carbons (Fsp3) is 0.250. The molecule has 0 fully saturated rings. The number of hydrazine groups is 1. The number of rotatable bonds is 2. The summed E-state index contributed by atoms with van der Waals surface area (Å²) in [4.78, 5) is 0. The molecule has 0 heterocycles. The molecular weight excluding hydrogens is 188 g/mol. The van der Waals surface area contributed by atoms with Gasteiger partial charge in [-0.15, -0.1) is 0 Å². The molecule has 0 aliphatic rings. The quantitative estimate of drug-likeness (QED) is 0.562. The third-order valence-corrected chi connectivity index (χ3v) is 2.57. The van der Waals surface area contributed by atoms with E-state index >= 15 is 0 Å². The van der Waals surface area contributed by atoms with Crippen molar-refractivity contribution in [2.24, 2.45) is 5.84 Å². The maximum atomic E-state index is 11.0. The Morgan fingerprint density at radius 3 is 2.08 bits per heavy atom. The van der Waals surface area contributed by atoms with Gasteiger partial charge >= 0.3 is 0 Å². The molecule has 1 rings (SSSR count). The number of hydrogen-bond acceptors (Lipinski definition) is 3.